The highest BCUT2D eigenvalue weighted by Crippen LogP contribution is 2.29. The lowest BCUT2D eigenvalue weighted by Crippen LogP contribution is -2.23. The van der Waals surface area contributed by atoms with Gasteiger partial charge in [-0.25, -0.2) is 0 Å². The largest absolute Gasteiger partial charge is 0.490 e. The van der Waals surface area contributed by atoms with E-state index in [2.05, 4.69) is 15.7 Å². The highest BCUT2D eigenvalue weighted by atomic mass is 32.1. The maximum Gasteiger partial charge on any atom is 0.251 e. The number of nitrogens with one attached hydrogen (secondary N) is 1. The zero-order valence-electron chi connectivity index (χ0n) is 15.4. The van der Waals surface area contributed by atoms with Gasteiger partial charge in [-0.2, -0.15) is 11.3 Å². The molecule has 3 rings (SSSR count). The standard InChI is InChI=1S/C21H22N2O3S/c1-3-25-18-8-7-15(12-19(18)26-4-2)21(24)23-13-16-6-5-10-22-20(16)17-9-11-27-14-17/h5-12,14H,3-4,13H2,1-2H3,(H,23,24). The molecule has 1 amide bonds. The van der Waals surface area contributed by atoms with Gasteiger partial charge in [0.15, 0.2) is 11.5 Å². The van der Waals surface area contributed by atoms with E-state index in [0.29, 0.717) is 36.8 Å². The lowest BCUT2D eigenvalue weighted by Gasteiger charge is -2.13. The van der Waals surface area contributed by atoms with Crippen molar-refractivity contribution in [3.63, 3.8) is 0 Å². The summed E-state index contributed by atoms with van der Waals surface area (Å²) in [5.41, 5.74) is 3.45. The zero-order chi connectivity index (χ0) is 19.1. The number of ether oxygens (including phenoxy) is 2. The molecule has 0 radical (unpaired) electrons. The summed E-state index contributed by atoms with van der Waals surface area (Å²) in [6.07, 6.45) is 1.76. The van der Waals surface area contributed by atoms with E-state index >= 15 is 0 Å². The third kappa shape index (κ3) is 4.65. The van der Waals surface area contributed by atoms with Gasteiger partial charge in [0, 0.05) is 29.2 Å². The number of hydrogen-bond donors (Lipinski definition) is 1. The van der Waals surface area contributed by atoms with Crippen LogP contribution in [-0.2, 0) is 6.54 Å². The number of carbonyl (C=O) groups is 1. The Labute approximate surface area is 163 Å². The van der Waals surface area contributed by atoms with Crippen LogP contribution < -0.4 is 14.8 Å². The quantitative estimate of drug-likeness (QED) is 0.621. The molecule has 5 nitrogen and oxygen atoms in total. The molecule has 1 aromatic carbocycles. The number of nitrogens with zero attached hydrogens (tertiary/aromatic N) is 1. The number of benzene rings is 1. The van der Waals surface area contributed by atoms with E-state index in [0.717, 1.165) is 16.8 Å². The van der Waals surface area contributed by atoms with Crippen LogP contribution in [-0.4, -0.2) is 24.1 Å². The fourth-order valence-corrected chi connectivity index (χ4v) is 3.35. The number of hydrogen-bond acceptors (Lipinski definition) is 5. The maximum absolute atomic E-state index is 12.6. The van der Waals surface area contributed by atoms with Crippen LogP contribution in [0.5, 0.6) is 11.5 Å². The minimum absolute atomic E-state index is 0.167. The molecule has 6 heteroatoms. The Bertz CT molecular complexity index is 894. The normalized spacial score (nSPS) is 10.4. The second-order valence-electron chi connectivity index (χ2n) is 5.73. The Morgan fingerprint density at radius 3 is 2.67 bits per heavy atom. The summed E-state index contributed by atoms with van der Waals surface area (Å²) in [6.45, 7) is 5.25. The van der Waals surface area contributed by atoms with Gasteiger partial charge in [0.25, 0.3) is 5.91 Å². The van der Waals surface area contributed by atoms with Gasteiger partial charge < -0.3 is 14.8 Å². The van der Waals surface area contributed by atoms with Gasteiger partial charge in [0.2, 0.25) is 0 Å². The first-order valence-electron chi connectivity index (χ1n) is 8.87. The van der Waals surface area contributed by atoms with Crippen LogP contribution in [0.3, 0.4) is 0 Å². The van der Waals surface area contributed by atoms with Crippen molar-refractivity contribution in [2.24, 2.45) is 0 Å². The molecule has 0 aliphatic heterocycles. The molecule has 0 unspecified atom stereocenters. The fourth-order valence-electron chi connectivity index (χ4n) is 2.71. The summed E-state index contributed by atoms with van der Waals surface area (Å²) in [4.78, 5) is 17.1. The summed E-state index contributed by atoms with van der Waals surface area (Å²) in [7, 11) is 0. The number of thiophene rings is 1. The molecule has 0 aliphatic rings. The van der Waals surface area contributed by atoms with Crippen molar-refractivity contribution in [2.75, 3.05) is 13.2 Å². The molecule has 2 aromatic heterocycles. The first kappa shape index (κ1) is 18.9. The van der Waals surface area contributed by atoms with Crippen molar-refractivity contribution < 1.29 is 14.3 Å². The second-order valence-corrected chi connectivity index (χ2v) is 6.51. The van der Waals surface area contributed by atoms with Gasteiger partial charge in [0.05, 0.1) is 18.9 Å². The molecule has 0 fully saturated rings. The van der Waals surface area contributed by atoms with Gasteiger partial charge in [-0.05, 0) is 55.1 Å². The summed E-state index contributed by atoms with van der Waals surface area (Å²) in [6, 6.07) is 11.1. The van der Waals surface area contributed by atoms with Crippen molar-refractivity contribution in [1.82, 2.24) is 10.3 Å². The Balaban J connectivity index is 1.74. The van der Waals surface area contributed by atoms with Crippen LogP contribution in [0.25, 0.3) is 11.3 Å². The van der Waals surface area contributed by atoms with E-state index in [1.54, 1.807) is 35.7 Å². The topological polar surface area (TPSA) is 60.5 Å². The summed E-state index contributed by atoms with van der Waals surface area (Å²) in [5, 5.41) is 7.03. The second kappa shape index (κ2) is 9.19. The third-order valence-electron chi connectivity index (χ3n) is 3.93. The van der Waals surface area contributed by atoms with Crippen LogP contribution in [0.2, 0.25) is 0 Å². The van der Waals surface area contributed by atoms with Gasteiger partial charge in [0.1, 0.15) is 0 Å². The molecule has 140 valence electrons. The highest BCUT2D eigenvalue weighted by molar-refractivity contribution is 7.08. The van der Waals surface area contributed by atoms with Crippen molar-refractivity contribution in [3.05, 3.63) is 64.5 Å². The molecule has 27 heavy (non-hydrogen) atoms. The first-order chi connectivity index (χ1) is 13.2. The van der Waals surface area contributed by atoms with Crippen molar-refractivity contribution >= 4 is 17.2 Å². The van der Waals surface area contributed by atoms with E-state index in [4.69, 9.17) is 9.47 Å². The molecule has 3 aromatic rings. The van der Waals surface area contributed by atoms with E-state index in [9.17, 15) is 4.79 Å². The van der Waals surface area contributed by atoms with Crippen LogP contribution in [0.15, 0.2) is 53.4 Å². The molecule has 0 atom stereocenters. The van der Waals surface area contributed by atoms with E-state index in [1.165, 1.54) is 0 Å². The van der Waals surface area contributed by atoms with Crippen LogP contribution in [0.1, 0.15) is 29.8 Å². The molecular weight excluding hydrogens is 360 g/mol. The van der Waals surface area contributed by atoms with Crippen molar-refractivity contribution in [3.8, 4) is 22.8 Å². The van der Waals surface area contributed by atoms with E-state index in [-0.39, 0.29) is 5.91 Å². The lowest BCUT2D eigenvalue weighted by molar-refractivity contribution is 0.0950. The SMILES string of the molecule is CCOc1ccc(C(=O)NCc2cccnc2-c2ccsc2)cc1OCC. The number of carbonyl (C=O) groups excluding carboxylic acids is 1. The number of rotatable bonds is 8. The number of pyridine rings is 1. The van der Waals surface area contributed by atoms with Crippen LogP contribution >= 0.6 is 11.3 Å². The molecule has 0 saturated heterocycles. The predicted molar refractivity (Wildman–Crippen MR) is 108 cm³/mol. The van der Waals surface area contributed by atoms with Crippen molar-refractivity contribution in [2.45, 2.75) is 20.4 Å². The molecule has 0 saturated carbocycles. The zero-order valence-corrected chi connectivity index (χ0v) is 16.2. The number of amides is 1. The monoisotopic (exact) mass is 382 g/mol. The summed E-state index contributed by atoms with van der Waals surface area (Å²) in [5.74, 6) is 1.05. The van der Waals surface area contributed by atoms with Gasteiger partial charge in [-0.3, -0.25) is 9.78 Å². The average molecular weight is 382 g/mol. The maximum atomic E-state index is 12.6. The smallest absolute Gasteiger partial charge is 0.251 e. The fraction of sp³-hybridized carbons (Fsp3) is 0.238. The van der Waals surface area contributed by atoms with Crippen LogP contribution in [0.4, 0.5) is 0 Å². The van der Waals surface area contributed by atoms with Crippen molar-refractivity contribution in [1.29, 1.82) is 0 Å². The van der Waals surface area contributed by atoms with Crippen LogP contribution in [0, 0.1) is 0 Å². The van der Waals surface area contributed by atoms with Gasteiger partial charge >= 0.3 is 0 Å². The molecular formula is C21H22N2O3S. The Morgan fingerprint density at radius 2 is 1.93 bits per heavy atom. The number of aromatic nitrogens is 1. The third-order valence-corrected chi connectivity index (χ3v) is 4.61. The summed E-state index contributed by atoms with van der Waals surface area (Å²) >= 11 is 1.62. The Kier molecular flexibility index (Phi) is 6.44. The first-order valence-corrected chi connectivity index (χ1v) is 9.81. The Hall–Kier alpha value is -2.86. The molecule has 1 N–H and O–H groups in total. The minimum Gasteiger partial charge on any atom is -0.490 e. The molecule has 0 aliphatic carbocycles. The lowest BCUT2D eigenvalue weighted by atomic mass is 10.1. The Morgan fingerprint density at radius 1 is 1.11 bits per heavy atom. The summed E-state index contributed by atoms with van der Waals surface area (Å²) < 4.78 is 11.1. The van der Waals surface area contributed by atoms with E-state index in [1.807, 2.05) is 37.4 Å². The molecule has 0 bridgehead atoms. The average Bonchev–Trinajstić information content (AvgIpc) is 3.22. The molecule has 0 spiro atoms. The van der Waals surface area contributed by atoms with Gasteiger partial charge in [-0.15, -0.1) is 0 Å². The predicted octanol–water partition coefficient (Wildman–Crippen LogP) is 4.54. The highest BCUT2D eigenvalue weighted by Gasteiger charge is 2.13. The minimum atomic E-state index is -0.167. The van der Waals surface area contributed by atoms with E-state index < -0.39 is 0 Å². The molecule has 2 heterocycles. The van der Waals surface area contributed by atoms with Gasteiger partial charge in [-0.1, -0.05) is 6.07 Å².